The predicted octanol–water partition coefficient (Wildman–Crippen LogP) is 7.45. The third-order valence-corrected chi connectivity index (χ3v) is 7.47. The van der Waals surface area contributed by atoms with Crippen molar-refractivity contribution in [3.8, 4) is 0 Å². The molecule has 0 unspecified atom stereocenters. The molecule has 2 N–H and O–H groups in total. The van der Waals surface area contributed by atoms with Crippen molar-refractivity contribution in [2.24, 2.45) is 20.8 Å². The number of aliphatic hydroxyl groups excluding tert-OH is 2. The quantitative estimate of drug-likeness (QED) is 0.281. The summed E-state index contributed by atoms with van der Waals surface area (Å²) in [6.07, 6.45) is 1.83. The first-order valence-corrected chi connectivity index (χ1v) is 14.0. The molecule has 6 nitrogen and oxygen atoms in total. The van der Waals surface area contributed by atoms with E-state index in [1.807, 2.05) is 88.4 Å². The zero-order valence-corrected chi connectivity index (χ0v) is 24.0. The van der Waals surface area contributed by atoms with Gasteiger partial charge in [-0.1, -0.05) is 88.4 Å². The van der Waals surface area contributed by atoms with E-state index in [0.717, 1.165) is 11.1 Å². The molecule has 0 amide bonds. The summed E-state index contributed by atoms with van der Waals surface area (Å²) in [6, 6.07) is 19.6. The molecule has 0 radical (unpaired) electrons. The number of Topliss-reactive ketones (excluding diaryl/α,β-unsaturated/α-hetero) is 2. The van der Waals surface area contributed by atoms with Crippen LogP contribution in [0.1, 0.15) is 77.3 Å². The second-order valence-electron chi connectivity index (χ2n) is 12.5. The van der Waals surface area contributed by atoms with Crippen LogP contribution in [0.15, 0.2) is 93.3 Å². The number of nitrogens with zero attached hydrogens (tertiary/aromatic N) is 2. The summed E-state index contributed by atoms with van der Waals surface area (Å²) in [5.41, 5.74) is 3.22. The van der Waals surface area contributed by atoms with E-state index in [1.54, 1.807) is 0 Å². The van der Waals surface area contributed by atoms with Gasteiger partial charge in [0.2, 0.25) is 0 Å². The lowest BCUT2D eigenvalue weighted by molar-refractivity contribution is -0.118. The van der Waals surface area contributed by atoms with Gasteiger partial charge in [0, 0.05) is 37.1 Å². The highest BCUT2D eigenvalue weighted by molar-refractivity contribution is 6.25. The maximum Gasteiger partial charge on any atom is 0.168 e. The minimum absolute atomic E-state index is 0.0316. The Labute approximate surface area is 237 Å². The first-order valence-electron chi connectivity index (χ1n) is 14.0. The van der Waals surface area contributed by atoms with Crippen LogP contribution in [0.2, 0.25) is 0 Å². The fraction of sp³-hybridized carbons (Fsp3) is 0.412. The van der Waals surface area contributed by atoms with Crippen LogP contribution in [0.3, 0.4) is 0 Å². The Morgan fingerprint density at radius 1 is 0.625 bits per heavy atom. The van der Waals surface area contributed by atoms with Crippen molar-refractivity contribution in [1.29, 1.82) is 0 Å². The van der Waals surface area contributed by atoms with Gasteiger partial charge in [0.25, 0.3) is 0 Å². The van der Waals surface area contributed by atoms with Crippen LogP contribution >= 0.6 is 0 Å². The number of carbonyl (C=O) groups excluding carboxylic acids is 2. The Kier molecular flexibility index (Phi) is 8.87. The smallest absolute Gasteiger partial charge is 0.168 e. The minimum Gasteiger partial charge on any atom is -0.511 e. The van der Waals surface area contributed by atoms with Crippen molar-refractivity contribution in [3.63, 3.8) is 0 Å². The Morgan fingerprint density at radius 2 is 0.975 bits per heavy atom. The van der Waals surface area contributed by atoms with Crippen molar-refractivity contribution < 1.29 is 19.8 Å². The van der Waals surface area contributed by atoms with Crippen LogP contribution in [0.25, 0.3) is 0 Å². The summed E-state index contributed by atoms with van der Waals surface area (Å²) in [5, 5.41) is 22.3. The molecule has 2 aliphatic rings. The molecular formula is C34H40N2O4. The molecule has 0 heterocycles. The van der Waals surface area contributed by atoms with Gasteiger partial charge < -0.3 is 10.2 Å². The summed E-state index contributed by atoms with van der Waals surface area (Å²) in [6.45, 7) is 8.94. The highest BCUT2D eigenvalue weighted by Crippen LogP contribution is 2.38. The fourth-order valence-corrected chi connectivity index (χ4v) is 5.53. The van der Waals surface area contributed by atoms with Gasteiger partial charge >= 0.3 is 0 Å². The number of ketones is 2. The Balaban J connectivity index is 1.60. The molecule has 210 valence electrons. The maximum absolute atomic E-state index is 13.2. The lowest BCUT2D eigenvalue weighted by Crippen LogP contribution is -2.33. The molecular weight excluding hydrogens is 500 g/mol. The van der Waals surface area contributed by atoms with Crippen molar-refractivity contribution in [3.05, 3.63) is 94.5 Å². The minimum atomic E-state index is -0.258. The van der Waals surface area contributed by atoms with Crippen LogP contribution in [0, 0.1) is 10.8 Å². The third kappa shape index (κ3) is 7.44. The largest absolute Gasteiger partial charge is 0.511 e. The molecule has 2 aliphatic carbocycles. The predicted molar refractivity (Wildman–Crippen MR) is 160 cm³/mol. The van der Waals surface area contributed by atoms with Gasteiger partial charge in [-0.2, -0.15) is 0 Å². The number of rotatable bonds is 7. The maximum atomic E-state index is 13.2. The molecule has 0 aliphatic heterocycles. The number of aliphatic hydroxyl groups is 2. The average molecular weight is 541 g/mol. The van der Waals surface area contributed by atoms with Crippen molar-refractivity contribution in [2.75, 3.05) is 0 Å². The van der Waals surface area contributed by atoms with E-state index in [4.69, 9.17) is 9.98 Å². The van der Waals surface area contributed by atoms with Crippen LogP contribution in [-0.2, 0) is 22.7 Å². The SMILES string of the molecule is CC1(C)CC(=O)/C(=C(/O)CC/C(O)=C2\C(=O)CC(C)(C)CC2=NCc2ccccc2)C(=NCc2ccccc2)C1. The first kappa shape index (κ1) is 29.2. The van der Waals surface area contributed by atoms with Gasteiger partial charge in [-0.3, -0.25) is 19.6 Å². The van der Waals surface area contributed by atoms with Gasteiger partial charge in [-0.15, -0.1) is 0 Å². The number of allylic oxidation sites excluding steroid dienone is 4. The van der Waals surface area contributed by atoms with Gasteiger partial charge in [0.1, 0.15) is 11.5 Å². The molecule has 4 rings (SSSR count). The number of hydrogen-bond donors (Lipinski definition) is 2. The Morgan fingerprint density at radius 3 is 1.32 bits per heavy atom. The second kappa shape index (κ2) is 12.2. The molecule has 0 atom stereocenters. The number of aliphatic imine (C=N–C) groups is 2. The fourth-order valence-electron chi connectivity index (χ4n) is 5.53. The van der Waals surface area contributed by atoms with Crippen LogP contribution in [-0.4, -0.2) is 33.2 Å². The third-order valence-electron chi connectivity index (χ3n) is 7.47. The molecule has 0 bridgehead atoms. The molecule has 40 heavy (non-hydrogen) atoms. The molecule has 0 saturated heterocycles. The molecule has 2 aromatic rings. The van der Waals surface area contributed by atoms with Crippen LogP contribution in [0.5, 0.6) is 0 Å². The van der Waals surface area contributed by atoms with Crippen molar-refractivity contribution >= 4 is 23.0 Å². The van der Waals surface area contributed by atoms with Crippen molar-refractivity contribution in [1.82, 2.24) is 0 Å². The monoisotopic (exact) mass is 540 g/mol. The lowest BCUT2D eigenvalue weighted by atomic mass is 9.72. The first-order chi connectivity index (χ1) is 18.9. The van der Waals surface area contributed by atoms with E-state index >= 15 is 0 Å². The number of hydrogen-bond acceptors (Lipinski definition) is 6. The van der Waals surface area contributed by atoms with E-state index in [9.17, 15) is 19.8 Å². The second-order valence-corrected chi connectivity index (χ2v) is 12.5. The Bertz CT molecular complexity index is 1270. The summed E-state index contributed by atoms with van der Waals surface area (Å²) in [5.74, 6) is -0.474. The standard InChI is InChI=1S/C34H40N2O4/c1-33(2)17-25(35-21-23-11-7-5-8-12-23)31(29(39)19-33)27(37)15-16-28(38)32-26(18-34(3,4)20-30(32)40)36-22-24-13-9-6-10-14-24/h5-14,37-38H,15-22H2,1-4H3/b31-27+,32-28+,35-25?,36-26?. The van der Waals surface area contributed by atoms with E-state index in [0.29, 0.717) is 50.2 Å². The van der Waals surface area contributed by atoms with E-state index in [2.05, 4.69) is 0 Å². The van der Waals surface area contributed by atoms with Crippen LogP contribution < -0.4 is 0 Å². The lowest BCUT2D eigenvalue weighted by Gasteiger charge is -2.32. The summed E-state index contributed by atoms with van der Waals surface area (Å²) in [4.78, 5) is 35.8. The summed E-state index contributed by atoms with van der Waals surface area (Å²) >= 11 is 0. The highest BCUT2D eigenvalue weighted by Gasteiger charge is 2.38. The van der Waals surface area contributed by atoms with Crippen molar-refractivity contribution in [2.45, 2.75) is 79.3 Å². The molecule has 2 saturated carbocycles. The van der Waals surface area contributed by atoms with E-state index in [1.165, 1.54) is 0 Å². The van der Waals surface area contributed by atoms with E-state index < -0.39 is 0 Å². The average Bonchev–Trinajstić information content (AvgIpc) is 2.88. The molecule has 0 aromatic heterocycles. The zero-order valence-electron chi connectivity index (χ0n) is 24.0. The molecule has 2 aromatic carbocycles. The topological polar surface area (TPSA) is 99.3 Å². The highest BCUT2D eigenvalue weighted by atomic mass is 16.3. The molecule has 0 spiro atoms. The Hall–Kier alpha value is -3.80. The van der Waals surface area contributed by atoms with Gasteiger partial charge in [0.05, 0.1) is 24.2 Å². The molecule has 6 heteroatoms. The summed E-state index contributed by atoms with van der Waals surface area (Å²) in [7, 11) is 0. The molecule has 2 fully saturated rings. The van der Waals surface area contributed by atoms with Gasteiger partial charge in [0.15, 0.2) is 11.6 Å². The van der Waals surface area contributed by atoms with Gasteiger partial charge in [-0.25, -0.2) is 0 Å². The summed E-state index contributed by atoms with van der Waals surface area (Å²) < 4.78 is 0. The normalized spacial score (nSPS) is 23.4. The van der Waals surface area contributed by atoms with Gasteiger partial charge in [-0.05, 0) is 34.8 Å². The zero-order chi connectivity index (χ0) is 28.9. The number of carbonyl (C=O) groups is 2. The van der Waals surface area contributed by atoms with Crippen LogP contribution in [0.4, 0.5) is 0 Å². The van der Waals surface area contributed by atoms with E-state index in [-0.39, 0.29) is 57.9 Å². The number of benzene rings is 2.